The smallest absolute Gasteiger partial charge is 0.254 e. The Morgan fingerprint density at radius 3 is 2.56 bits per heavy atom. The first-order chi connectivity index (χ1) is 8.36. The summed E-state index contributed by atoms with van der Waals surface area (Å²) in [5.74, 6) is 0.391. The highest BCUT2D eigenvalue weighted by atomic mass is 16.3. The van der Waals surface area contributed by atoms with Crippen molar-refractivity contribution in [1.29, 1.82) is 0 Å². The summed E-state index contributed by atoms with van der Waals surface area (Å²) < 4.78 is 0. The summed E-state index contributed by atoms with van der Waals surface area (Å²) in [4.78, 5) is 17.9. The van der Waals surface area contributed by atoms with Crippen molar-refractivity contribution in [2.45, 2.75) is 32.7 Å². The van der Waals surface area contributed by atoms with E-state index in [0.29, 0.717) is 11.4 Å². The number of nitrogens with zero attached hydrogens (tertiary/aromatic N) is 2. The van der Waals surface area contributed by atoms with E-state index < -0.39 is 0 Å². The second-order valence-corrected chi connectivity index (χ2v) is 4.81. The number of aliphatic hydroxyl groups is 1. The van der Waals surface area contributed by atoms with E-state index in [9.17, 15) is 4.79 Å². The average molecular weight is 251 g/mol. The van der Waals surface area contributed by atoms with Crippen LogP contribution in [0.2, 0.25) is 0 Å². The van der Waals surface area contributed by atoms with Gasteiger partial charge in [0.1, 0.15) is 5.82 Å². The number of pyridine rings is 1. The van der Waals surface area contributed by atoms with Gasteiger partial charge in [-0.3, -0.25) is 4.79 Å². The molecule has 1 atom stereocenters. The van der Waals surface area contributed by atoms with Crippen molar-refractivity contribution in [2.75, 3.05) is 19.4 Å². The maximum atomic E-state index is 12.2. The van der Waals surface area contributed by atoms with E-state index in [1.807, 2.05) is 13.8 Å². The lowest BCUT2D eigenvalue weighted by molar-refractivity contribution is 0.0682. The molecule has 5 heteroatoms. The lowest BCUT2D eigenvalue weighted by Gasteiger charge is -2.23. The Balaban J connectivity index is 3.06. The minimum absolute atomic E-state index is 0.0696. The summed E-state index contributed by atoms with van der Waals surface area (Å²) in [6, 6.07) is 3.09. The van der Waals surface area contributed by atoms with Gasteiger partial charge >= 0.3 is 0 Å². The number of carbonyl (C=O) groups excluding carboxylic acids is 1. The standard InChI is InChI=1S/C13H21N3O2/c1-8(2)11-5-10(6-12(14)15-11)13(18)16(4)9(3)7-17/h5-6,8-9,17H,7H2,1-4H3,(H2,14,15). The van der Waals surface area contributed by atoms with Gasteiger partial charge in [0.2, 0.25) is 0 Å². The van der Waals surface area contributed by atoms with Gasteiger partial charge in [-0.05, 0) is 25.0 Å². The summed E-state index contributed by atoms with van der Waals surface area (Å²) >= 11 is 0. The summed E-state index contributed by atoms with van der Waals surface area (Å²) in [5, 5.41) is 9.07. The predicted molar refractivity (Wildman–Crippen MR) is 71.4 cm³/mol. The van der Waals surface area contributed by atoms with E-state index in [-0.39, 0.29) is 24.5 Å². The molecule has 0 saturated carbocycles. The number of anilines is 1. The molecule has 0 saturated heterocycles. The Bertz CT molecular complexity index is 432. The molecule has 1 amide bonds. The van der Waals surface area contributed by atoms with Gasteiger partial charge in [0.15, 0.2) is 0 Å². The van der Waals surface area contributed by atoms with Crippen molar-refractivity contribution < 1.29 is 9.90 Å². The van der Waals surface area contributed by atoms with Gasteiger partial charge in [0.25, 0.3) is 5.91 Å². The van der Waals surface area contributed by atoms with E-state index in [4.69, 9.17) is 10.8 Å². The van der Waals surface area contributed by atoms with Gasteiger partial charge in [-0.2, -0.15) is 0 Å². The second-order valence-electron chi connectivity index (χ2n) is 4.81. The molecule has 0 aliphatic carbocycles. The topological polar surface area (TPSA) is 79.5 Å². The Morgan fingerprint density at radius 1 is 1.44 bits per heavy atom. The molecule has 1 aromatic rings. The van der Waals surface area contributed by atoms with Crippen LogP contribution in [0.4, 0.5) is 5.82 Å². The summed E-state index contributed by atoms with van der Waals surface area (Å²) in [6.07, 6.45) is 0. The Kier molecular flexibility index (Phi) is 4.67. The molecule has 1 rings (SSSR count). The van der Waals surface area contributed by atoms with Crippen LogP contribution in [0.3, 0.4) is 0 Å². The monoisotopic (exact) mass is 251 g/mol. The molecule has 5 nitrogen and oxygen atoms in total. The number of aliphatic hydroxyl groups excluding tert-OH is 1. The van der Waals surface area contributed by atoms with Crippen LogP contribution in [0.15, 0.2) is 12.1 Å². The molecule has 0 bridgehead atoms. The Labute approximate surface area is 108 Å². The molecule has 100 valence electrons. The van der Waals surface area contributed by atoms with Gasteiger partial charge < -0.3 is 15.7 Å². The van der Waals surface area contributed by atoms with Crippen LogP contribution in [0.1, 0.15) is 42.7 Å². The van der Waals surface area contributed by atoms with Crippen LogP contribution in [-0.4, -0.2) is 40.6 Å². The fourth-order valence-electron chi connectivity index (χ4n) is 1.52. The van der Waals surface area contributed by atoms with Crippen LogP contribution < -0.4 is 5.73 Å². The van der Waals surface area contributed by atoms with Crippen molar-refractivity contribution in [3.63, 3.8) is 0 Å². The van der Waals surface area contributed by atoms with Crippen molar-refractivity contribution in [1.82, 2.24) is 9.88 Å². The summed E-state index contributed by atoms with van der Waals surface area (Å²) in [7, 11) is 1.66. The zero-order valence-electron chi connectivity index (χ0n) is 11.3. The maximum Gasteiger partial charge on any atom is 0.254 e. The van der Waals surface area contributed by atoms with E-state index in [2.05, 4.69) is 4.98 Å². The molecular formula is C13H21N3O2. The van der Waals surface area contributed by atoms with Gasteiger partial charge in [-0.25, -0.2) is 4.98 Å². The Hall–Kier alpha value is -1.62. The van der Waals surface area contributed by atoms with Crippen LogP contribution in [0.25, 0.3) is 0 Å². The van der Waals surface area contributed by atoms with Crippen LogP contribution in [0.5, 0.6) is 0 Å². The van der Waals surface area contributed by atoms with Crippen LogP contribution in [-0.2, 0) is 0 Å². The van der Waals surface area contributed by atoms with Crippen molar-refractivity contribution in [3.05, 3.63) is 23.4 Å². The van der Waals surface area contributed by atoms with E-state index in [0.717, 1.165) is 5.69 Å². The molecular weight excluding hydrogens is 230 g/mol. The van der Waals surface area contributed by atoms with Gasteiger partial charge in [0.05, 0.1) is 12.6 Å². The molecule has 0 fully saturated rings. The number of rotatable bonds is 4. The van der Waals surface area contributed by atoms with Crippen molar-refractivity contribution in [2.24, 2.45) is 0 Å². The molecule has 1 heterocycles. The fourth-order valence-corrected chi connectivity index (χ4v) is 1.52. The highest BCUT2D eigenvalue weighted by molar-refractivity contribution is 5.95. The number of nitrogens with two attached hydrogens (primary N) is 1. The van der Waals surface area contributed by atoms with Gasteiger partial charge in [0, 0.05) is 18.3 Å². The van der Waals surface area contributed by atoms with E-state index >= 15 is 0 Å². The summed E-state index contributed by atoms with van der Waals surface area (Å²) in [5.41, 5.74) is 7.02. The number of hydrogen-bond donors (Lipinski definition) is 2. The summed E-state index contributed by atoms with van der Waals surface area (Å²) in [6.45, 7) is 5.71. The molecule has 1 unspecified atom stereocenters. The maximum absolute atomic E-state index is 12.2. The SMILES string of the molecule is CC(C)c1cc(C(=O)N(C)C(C)CO)cc(N)n1. The normalized spacial score (nSPS) is 12.6. The quantitative estimate of drug-likeness (QED) is 0.843. The zero-order valence-corrected chi connectivity index (χ0v) is 11.3. The van der Waals surface area contributed by atoms with Gasteiger partial charge in [-0.1, -0.05) is 13.8 Å². The Morgan fingerprint density at radius 2 is 2.06 bits per heavy atom. The minimum atomic E-state index is -0.227. The molecule has 3 N–H and O–H groups in total. The zero-order chi connectivity index (χ0) is 13.9. The molecule has 0 spiro atoms. The third kappa shape index (κ3) is 3.20. The molecule has 0 aliphatic heterocycles. The molecule has 0 aliphatic rings. The largest absolute Gasteiger partial charge is 0.394 e. The van der Waals surface area contributed by atoms with Gasteiger partial charge in [-0.15, -0.1) is 0 Å². The first-order valence-corrected chi connectivity index (χ1v) is 6.02. The van der Waals surface area contributed by atoms with Crippen LogP contribution in [0, 0.1) is 0 Å². The first kappa shape index (κ1) is 14.4. The molecule has 1 aromatic heterocycles. The van der Waals surface area contributed by atoms with E-state index in [1.165, 1.54) is 4.90 Å². The highest BCUT2D eigenvalue weighted by Gasteiger charge is 2.18. The predicted octanol–water partition coefficient (Wildman–Crippen LogP) is 1.24. The highest BCUT2D eigenvalue weighted by Crippen LogP contribution is 2.17. The third-order valence-electron chi connectivity index (χ3n) is 2.95. The second kappa shape index (κ2) is 5.82. The van der Waals surface area contributed by atoms with Crippen molar-refractivity contribution >= 4 is 11.7 Å². The lowest BCUT2D eigenvalue weighted by atomic mass is 10.1. The number of hydrogen-bond acceptors (Lipinski definition) is 4. The number of nitrogen functional groups attached to an aromatic ring is 1. The number of likely N-dealkylation sites (N-methyl/N-ethyl adjacent to an activating group) is 1. The average Bonchev–Trinajstić information content (AvgIpc) is 2.35. The first-order valence-electron chi connectivity index (χ1n) is 6.02. The third-order valence-corrected chi connectivity index (χ3v) is 2.95. The van der Waals surface area contributed by atoms with E-state index in [1.54, 1.807) is 26.1 Å². The number of aromatic nitrogens is 1. The molecule has 18 heavy (non-hydrogen) atoms. The minimum Gasteiger partial charge on any atom is -0.394 e. The molecule has 0 radical (unpaired) electrons. The number of amides is 1. The van der Waals surface area contributed by atoms with Crippen LogP contribution >= 0.6 is 0 Å². The lowest BCUT2D eigenvalue weighted by Crippen LogP contribution is -2.37. The number of carbonyl (C=O) groups is 1. The molecule has 0 aromatic carbocycles. The van der Waals surface area contributed by atoms with Crippen molar-refractivity contribution in [3.8, 4) is 0 Å². The fraction of sp³-hybridized carbons (Fsp3) is 0.538.